The zero-order valence-electron chi connectivity index (χ0n) is 17.0. The second-order valence-corrected chi connectivity index (χ2v) is 8.59. The number of hydrogen-bond donors (Lipinski definition) is 2. The van der Waals surface area contributed by atoms with Gasteiger partial charge < -0.3 is 11.1 Å². The first-order valence-electron chi connectivity index (χ1n) is 10.1. The molecule has 2 fully saturated rings. The highest BCUT2D eigenvalue weighted by Crippen LogP contribution is 2.60. The van der Waals surface area contributed by atoms with Gasteiger partial charge in [-0.3, -0.25) is 19.3 Å². The lowest BCUT2D eigenvalue weighted by atomic mass is 9.50. The molecule has 1 atom stereocenters. The van der Waals surface area contributed by atoms with Gasteiger partial charge >= 0.3 is 0 Å². The summed E-state index contributed by atoms with van der Waals surface area (Å²) in [6, 6.07) is 2.85. The molecule has 2 aliphatic rings. The van der Waals surface area contributed by atoms with Gasteiger partial charge in [-0.25, -0.2) is 0 Å². The summed E-state index contributed by atoms with van der Waals surface area (Å²) in [6.07, 6.45) is 7.03. The van der Waals surface area contributed by atoms with Crippen LogP contribution in [-0.2, 0) is 12.5 Å². The second-order valence-electron chi connectivity index (χ2n) is 8.59. The van der Waals surface area contributed by atoms with Gasteiger partial charge in [0.25, 0.3) is 17.7 Å². The Morgan fingerprint density at radius 2 is 2.10 bits per heavy atom. The molecule has 2 aromatic rings. The predicted octanol–water partition coefficient (Wildman–Crippen LogP) is 3.63. The van der Waals surface area contributed by atoms with Crippen molar-refractivity contribution in [1.82, 2.24) is 14.8 Å². The number of anilines is 1. The maximum atomic E-state index is 14.1. The number of nitrogens with one attached hydrogen (secondary N) is 1. The monoisotopic (exact) mass is 417 g/mol. The van der Waals surface area contributed by atoms with E-state index in [1.165, 1.54) is 36.4 Å². The molecule has 2 aliphatic carbocycles. The minimum absolute atomic E-state index is 0.000188. The van der Waals surface area contributed by atoms with Crippen LogP contribution in [0.2, 0.25) is 0 Å². The molecule has 0 radical (unpaired) electrons. The smallest absolute Gasteiger partial charge is 0.289 e. The molecule has 1 unspecified atom stereocenters. The molecule has 160 valence electrons. The van der Waals surface area contributed by atoms with Crippen molar-refractivity contribution in [2.75, 3.05) is 5.32 Å². The van der Waals surface area contributed by atoms with E-state index in [1.807, 2.05) is 0 Å². The SMILES string of the molecule is Cc1c(C(C)(F)F)nn(CC2CCC23CCC3)c1C(=O)Nc1ccnc(C(N)=O)c1. The van der Waals surface area contributed by atoms with Crippen LogP contribution in [0.4, 0.5) is 14.5 Å². The summed E-state index contributed by atoms with van der Waals surface area (Å²) in [4.78, 5) is 28.2. The molecule has 2 heterocycles. The Kier molecular flexibility index (Phi) is 4.86. The van der Waals surface area contributed by atoms with Crippen molar-refractivity contribution in [3.8, 4) is 0 Å². The lowest BCUT2D eigenvalue weighted by Crippen LogP contribution is -2.47. The summed E-state index contributed by atoms with van der Waals surface area (Å²) in [7, 11) is 0. The Balaban J connectivity index is 1.65. The Morgan fingerprint density at radius 1 is 1.37 bits per heavy atom. The summed E-state index contributed by atoms with van der Waals surface area (Å²) >= 11 is 0. The highest BCUT2D eigenvalue weighted by Gasteiger charge is 2.51. The highest BCUT2D eigenvalue weighted by atomic mass is 19.3. The van der Waals surface area contributed by atoms with E-state index in [-0.39, 0.29) is 22.6 Å². The van der Waals surface area contributed by atoms with E-state index in [4.69, 9.17) is 5.73 Å². The zero-order valence-corrected chi connectivity index (χ0v) is 17.0. The second kappa shape index (κ2) is 7.14. The summed E-state index contributed by atoms with van der Waals surface area (Å²) in [5.74, 6) is -4.10. The number of hydrogen-bond acceptors (Lipinski definition) is 4. The maximum absolute atomic E-state index is 14.1. The fourth-order valence-corrected chi connectivity index (χ4v) is 4.76. The van der Waals surface area contributed by atoms with E-state index in [0.717, 1.165) is 32.6 Å². The molecule has 0 saturated heterocycles. The van der Waals surface area contributed by atoms with Gasteiger partial charge in [0.1, 0.15) is 17.1 Å². The zero-order chi connectivity index (χ0) is 21.7. The van der Waals surface area contributed by atoms with E-state index in [0.29, 0.717) is 23.6 Å². The van der Waals surface area contributed by atoms with E-state index >= 15 is 0 Å². The van der Waals surface area contributed by atoms with Crippen molar-refractivity contribution in [3.05, 3.63) is 41.0 Å². The number of aromatic nitrogens is 3. The van der Waals surface area contributed by atoms with Crippen molar-refractivity contribution in [2.45, 2.75) is 58.4 Å². The number of primary amides is 1. The maximum Gasteiger partial charge on any atom is 0.289 e. The fourth-order valence-electron chi connectivity index (χ4n) is 4.76. The summed E-state index contributed by atoms with van der Waals surface area (Å²) in [5, 5.41) is 6.82. The van der Waals surface area contributed by atoms with Crippen molar-refractivity contribution in [3.63, 3.8) is 0 Å². The molecule has 0 aliphatic heterocycles. The number of rotatable bonds is 6. The standard InChI is InChI=1S/C21H25F2N5O2/c1-12-16(19(30)26-14-5-9-25-15(10-14)18(24)29)28(27-17(12)20(2,22)23)11-13-4-8-21(13)6-3-7-21/h5,9-10,13H,3-4,6-8,11H2,1-2H3,(H2,24,29)(H,25,26,30). The summed E-state index contributed by atoms with van der Waals surface area (Å²) in [5.41, 5.74) is 5.72. The van der Waals surface area contributed by atoms with Gasteiger partial charge in [0.05, 0.1) is 0 Å². The minimum Gasteiger partial charge on any atom is -0.364 e. The van der Waals surface area contributed by atoms with Crippen LogP contribution in [0.1, 0.15) is 71.3 Å². The van der Waals surface area contributed by atoms with Gasteiger partial charge in [-0.05, 0) is 56.1 Å². The number of amides is 2. The molecular formula is C21H25F2N5O2. The quantitative estimate of drug-likeness (QED) is 0.749. The molecule has 0 aromatic carbocycles. The van der Waals surface area contributed by atoms with Crippen molar-refractivity contribution in [2.24, 2.45) is 17.1 Å². The van der Waals surface area contributed by atoms with Crippen LogP contribution >= 0.6 is 0 Å². The molecule has 1 spiro atoms. The molecule has 3 N–H and O–H groups in total. The Labute approximate surface area is 173 Å². The van der Waals surface area contributed by atoms with E-state index in [1.54, 1.807) is 0 Å². The molecular weight excluding hydrogens is 392 g/mol. The van der Waals surface area contributed by atoms with Crippen LogP contribution < -0.4 is 11.1 Å². The van der Waals surface area contributed by atoms with Crippen molar-refractivity contribution in [1.29, 1.82) is 0 Å². The van der Waals surface area contributed by atoms with E-state index < -0.39 is 17.7 Å². The van der Waals surface area contributed by atoms with Gasteiger partial charge in [0, 0.05) is 30.9 Å². The average Bonchev–Trinajstić information content (AvgIpc) is 2.94. The largest absolute Gasteiger partial charge is 0.364 e. The number of alkyl halides is 2. The summed E-state index contributed by atoms with van der Waals surface area (Å²) in [6.45, 7) is 2.72. The molecule has 2 aromatic heterocycles. The van der Waals surface area contributed by atoms with Crippen LogP contribution in [-0.4, -0.2) is 26.6 Å². The lowest BCUT2D eigenvalue weighted by molar-refractivity contribution is -0.0594. The van der Waals surface area contributed by atoms with Gasteiger partial charge in [-0.1, -0.05) is 6.42 Å². The normalized spacial score (nSPS) is 19.8. The predicted molar refractivity (Wildman–Crippen MR) is 106 cm³/mol. The van der Waals surface area contributed by atoms with Crippen LogP contribution in [0.5, 0.6) is 0 Å². The first-order valence-corrected chi connectivity index (χ1v) is 10.1. The minimum atomic E-state index is -3.16. The van der Waals surface area contributed by atoms with E-state index in [2.05, 4.69) is 15.4 Å². The third kappa shape index (κ3) is 3.46. The molecule has 4 rings (SSSR count). The Hall–Kier alpha value is -2.84. The lowest BCUT2D eigenvalue weighted by Gasteiger charge is -2.56. The molecule has 2 saturated carbocycles. The first-order chi connectivity index (χ1) is 14.1. The van der Waals surface area contributed by atoms with Crippen LogP contribution in [0.25, 0.3) is 0 Å². The fraction of sp³-hybridized carbons (Fsp3) is 0.524. The number of nitrogens with two attached hydrogens (primary N) is 1. The molecule has 7 nitrogen and oxygen atoms in total. The molecule has 9 heteroatoms. The topological polar surface area (TPSA) is 103 Å². The number of carbonyl (C=O) groups excluding carboxylic acids is 2. The number of pyridine rings is 1. The van der Waals surface area contributed by atoms with Gasteiger partial charge in [-0.15, -0.1) is 0 Å². The number of nitrogens with zero attached hydrogens (tertiary/aromatic N) is 3. The summed E-state index contributed by atoms with van der Waals surface area (Å²) < 4.78 is 29.7. The Bertz CT molecular complexity index is 1000. The van der Waals surface area contributed by atoms with E-state index in [9.17, 15) is 18.4 Å². The Morgan fingerprint density at radius 3 is 2.63 bits per heavy atom. The van der Waals surface area contributed by atoms with Crippen LogP contribution in [0, 0.1) is 18.3 Å². The number of halogens is 2. The van der Waals surface area contributed by atoms with Gasteiger partial charge in [0.15, 0.2) is 0 Å². The van der Waals surface area contributed by atoms with Gasteiger partial charge in [0.2, 0.25) is 0 Å². The highest BCUT2D eigenvalue weighted by molar-refractivity contribution is 6.04. The third-order valence-corrected chi connectivity index (χ3v) is 6.69. The molecule has 2 amide bonds. The third-order valence-electron chi connectivity index (χ3n) is 6.69. The van der Waals surface area contributed by atoms with Crippen molar-refractivity contribution >= 4 is 17.5 Å². The van der Waals surface area contributed by atoms with Crippen LogP contribution in [0.3, 0.4) is 0 Å². The molecule has 0 bridgehead atoms. The average molecular weight is 417 g/mol. The number of carbonyl (C=O) groups is 2. The van der Waals surface area contributed by atoms with Crippen LogP contribution in [0.15, 0.2) is 18.3 Å². The van der Waals surface area contributed by atoms with Gasteiger partial charge in [-0.2, -0.15) is 13.9 Å². The first kappa shape index (κ1) is 20.4. The molecule has 30 heavy (non-hydrogen) atoms. The van der Waals surface area contributed by atoms with Crippen molar-refractivity contribution < 1.29 is 18.4 Å².